The van der Waals surface area contributed by atoms with Gasteiger partial charge in [0, 0.05) is 0 Å². The van der Waals surface area contributed by atoms with E-state index in [1.54, 1.807) is 24.3 Å². The Morgan fingerprint density at radius 3 is 1.88 bits per heavy atom. The Hall–Kier alpha value is -2.00. The number of fused-ring (bicyclic) bond motifs is 5. The van der Waals surface area contributed by atoms with E-state index in [1.165, 1.54) is 101 Å². The molecule has 0 aromatic heterocycles. The summed E-state index contributed by atoms with van der Waals surface area (Å²) in [6, 6.07) is 12.2. The molecule has 0 aliphatic heterocycles. The van der Waals surface area contributed by atoms with Crippen LogP contribution in [-0.2, 0) is 20.2 Å². The molecule has 4 aliphatic rings. The van der Waals surface area contributed by atoms with Gasteiger partial charge in [-0.1, -0.05) is 84.2 Å². The molecule has 0 radical (unpaired) electrons. The summed E-state index contributed by atoms with van der Waals surface area (Å²) in [7, 11) is -8.64. The van der Waals surface area contributed by atoms with Crippen LogP contribution in [0.2, 0.25) is 0 Å². The third-order valence-electron chi connectivity index (χ3n) is 14.8. The predicted molar refractivity (Wildman–Crippen MR) is 205 cm³/mol. The van der Waals surface area contributed by atoms with E-state index >= 15 is 0 Å². The molecule has 4 saturated carbocycles. The molecule has 6 nitrogen and oxygen atoms in total. The molecule has 0 spiro atoms. The standard InChI is InChI=1S/C43H62O6S2/c1-29(2)8-6-9-30(3)39-22-23-40-38-21-16-34-28-31(24-26-42(34,4)41(38)25-27-43(39,40)5)10-7-11-37(32-12-17-35(18-13-32)50(44,45)46)33-14-19-36(20-15-33)51(47,48)49/h11-15,17-20,29-31,34,38-41H,6-10,16,21-28H2,1-5H3,(H,44,45,46)(H,47,48,49)/t30-,31+,34+,38+,39-,40+,41+,42+,43-/m1/s1. The molecule has 6 rings (SSSR count). The first-order chi connectivity index (χ1) is 24.0. The van der Waals surface area contributed by atoms with E-state index in [0.29, 0.717) is 16.7 Å². The monoisotopic (exact) mass is 738 g/mol. The van der Waals surface area contributed by atoms with Crippen LogP contribution in [0.4, 0.5) is 0 Å². The minimum atomic E-state index is -4.32. The fraction of sp³-hybridized carbons (Fsp3) is 0.674. The summed E-state index contributed by atoms with van der Waals surface area (Å²) in [6.07, 6.45) is 20.7. The van der Waals surface area contributed by atoms with E-state index in [2.05, 4.69) is 40.7 Å². The van der Waals surface area contributed by atoms with Crippen LogP contribution in [0, 0.1) is 58.2 Å². The van der Waals surface area contributed by atoms with Gasteiger partial charge in [0.05, 0.1) is 9.79 Å². The van der Waals surface area contributed by atoms with E-state index in [9.17, 15) is 25.9 Å². The average molecular weight is 739 g/mol. The molecule has 9 atom stereocenters. The van der Waals surface area contributed by atoms with Crippen LogP contribution in [0.5, 0.6) is 0 Å². The summed E-state index contributed by atoms with van der Waals surface area (Å²) in [6.45, 7) is 12.6. The first-order valence-electron chi connectivity index (χ1n) is 19.9. The van der Waals surface area contributed by atoms with Crippen LogP contribution >= 0.6 is 0 Å². The molecule has 4 aliphatic carbocycles. The Labute approximate surface area is 308 Å². The van der Waals surface area contributed by atoms with Crippen molar-refractivity contribution >= 4 is 25.8 Å². The van der Waals surface area contributed by atoms with Crippen molar-refractivity contribution in [3.63, 3.8) is 0 Å². The topological polar surface area (TPSA) is 109 Å². The fourth-order valence-electron chi connectivity index (χ4n) is 12.1. The zero-order valence-corrected chi connectivity index (χ0v) is 33.2. The third kappa shape index (κ3) is 8.10. The second-order valence-corrected chi connectivity index (χ2v) is 20.9. The Morgan fingerprint density at radius 2 is 1.31 bits per heavy atom. The zero-order chi connectivity index (χ0) is 36.8. The molecule has 0 heterocycles. The molecule has 2 aromatic carbocycles. The van der Waals surface area contributed by atoms with Crippen LogP contribution in [0.3, 0.4) is 0 Å². The first kappa shape index (κ1) is 38.7. The minimum Gasteiger partial charge on any atom is -0.282 e. The highest BCUT2D eigenvalue weighted by Crippen LogP contribution is 2.68. The molecule has 0 saturated heterocycles. The summed E-state index contributed by atoms with van der Waals surface area (Å²) in [5, 5.41) is 0. The summed E-state index contributed by atoms with van der Waals surface area (Å²) in [5.41, 5.74) is 3.41. The van der Waals surface area contributed by atoms with Gasteiger partial charge in [-0.25, -0.2) is 0 Å². The molecule has 282 valence electrons. The Balaban J connectivity index is 1.12. The lowest BCUT2D eigenvalue weighted by Crippen LogP contribution is -2.53. The number of rotatable bonds is 12. The van der Waals surface area contributed by atoms with Gasteiger partial charge in [-0.3, -0.25) is 9.11 Å². The maximum absolute atomic E-state index is 11.7. The quantitative estimate of drug-likeness (QED) is 0.210. The van der Waals surface area contributed by atoms with E-state index in [0.717, 1.165) is 71.0 Å². The maximum atomic E-state index is 11.7. The molecule has 0 amide bonds. The molecule has 2 aromatic rings. The molecular weight excluding hydrogens is 677 g/mol. The summed E-state index contributed by atoms with van der Waals surface area (Å²) >= 11 is 0. The van der Waals surface area contributed by atoms with Gasteiger partial charge in [-0.15, -0.1) is 0 Å². The van der Waals surface area contributed by atoms with Crippen molar-refractivity contribution in [2.75, 3.05) is 0 Å². The van der Waals surface area contributed by atoms with Crippen LogP contribution in [0.15, 0.2) is 64.4 Å². The van der Waals surface area contributed by atoms with Crippen molar-refractivity contribution in [1.29, 1.82) is 0 Å². The zero-order valence-electron chi connectivity index (χ0n) is 31.6. The highest BCUT2D eigenvalue weighted by Gasteiger charge is 2.60. The molecule has 4 fully saturated rings. The van der Waals surface area contributed by atoms with Gasteiger partial charge >= 0.3 is 0 Å². The lowest BCUT2D eigenvalue weighted by Gasteiger charge is -2.61. The van der Waals surface area contributed by atoms with Crippen LogP contribution in [0.1, 0.15) is 136 Å². The van der Waals surface area contributed by atoms with E-state index in [4.69, 9.17) is 0 Å². The van der Waals surface area contributed by atoms with E-state index in [-0.39, 0.29) is 9.79 Å². The molecule has 8 heteroatoms. The van der Waals surface area contributed by atoms with Crippen molar-refractivity contribution in [3.8, 4) is 0 Å². The van der Waals surface area contributed by atoms with Crippen molar-refractivity contribution in [2.24, 2.45) is 58.2 Å². The molecule has 0 unspecified atom stereocenters. The smallest absolute Gasteiger partial charge is 0.282 e. The van der Waals surface area contributed by atoms with E-state index < -0.39 is 20.2 Å². The summed E-state index contributed by atoms with van der Waals surface area (Å²) in [4.78, 5) is -0.344. The highest BCUT2D eigenvalue weighted by molar-refractivity contribution is 7.86. The lowest BCUT2D eigenvalue weighted by molar-refractivity contribution is -0.121. The van der Waals surface area contributed by atoms with E-state index in [1.807, 2.05) is 0 Å². The van der Waals surface area contributed by atoms with Crippen LogP contribution in [-0.4, -0.2) is 25.9 Å². The average Bonchev–Trinajstić information content (AvgIpc) is 3.43. The normalized spacial score (nSPS) is 32.9. The third-order valence-corrected chi connectivity index (χ3v) is 16.6. The summed E-state index contributed by atoms with van der Waals surface area (Å²) in [5.74, 6) is 6.69. The first-order valence-corrected chi connectivity index (χ1v) is 22.7. The number of allylic oxidation sites excluding steroid dienone is 1. The predicted octanol–water partition coefficient (Wildman–Crippen LogP) is 11.1. The fourth-order valence-corrected chi connectivity index (χ4v) is 13.1. The van der Waals surface area contributed by atoms with Crippen LogP contribution < -0.4 is 0 Å². The van der Waals surface area contributed by atoms with Crippen molar-refractivity contribution in [3.05, 3.63) is 65.7 Å². The maximum Gasteiger partial charge on any atom is 0.294 e. The largest absolute Gasteiger partial charge is 0.294 e. The van der Waals surface area contributed by atoms with Gasteiger partial charge in [0.1, 0.15) is 0 Å². The van der Waals surface area contributed by atoms with Gasteiger partial charge in [-0.2, -0.15) is 16.8 Å². The Bertz CT molecular complexity index is 1690. The van der Waals surface area contributed by atoms with Gasteiger partial charge in [0.2, 0.25) is 0 Å². The van der Waals surface area contributed by atoms with Gasteiger partial charge in [-0.05, 0) is 170 Å². The number of benzene rings is 2. The number of hydrogen-bond acceptors (Lipinski definition) is 4. The van der Waals surface area contributed by atoms with Crippen molar-refractivity contribution in [2.45, 2.75) is 134 Å². The second kappa shape index (κ2) is 15.0. The molecule has 51 heavy (non-hydrogen) atoms. The SMILES string of the molecule is CC(C)CCC[C@@H](C)[C@H]1CC[C@H]2[C@@H]3CC[C@H]4C[C@@H](CCC=C(c5ccc(S(=O)(=O)O)cc5)c5ccc(S(=O)(=O)O)cc5)CC[C@]4(C)[C@H]3CC[C@]12C. The number of hydrogen-bond donors (Lipinski definition) is 2. The van der Waals surface area contributed by atoms with Crippen LogP contribution in [0.25, 0.3) is 5.57 Å². The molecular formula is C43H62O6S2. The lowest BCUT2D eigenvalue weighted by atomic mass is 9.44. The molecule has 0 bridgehead atoms. The molecule has 2 N–H and O–H groups in total. The van der Waals surface area contributed by atoms with Gasteiger partial charge < -0.3 is 0 Å². The van der Waals surface area contributed by atoms with Gasteiger partial charge in [0.15, 0.2) is 0 Å². The van der Waals surface area contributed by atoms with Gasteiger partial charge in [0.25, 0.3) is 20.2 Å². The second-order valence-electron chi connectivity index (χ2n) is 18.0. The summed E-state index contributed by atoms with van der Waals surface area (Å²) < 4.78 is 65.7. The minimum absolute atomic E-state index is 0.172. The van der Waals surface area contributed by atoms with Crippen molar-refractivity contribution in [1.82, 2.24) is 0 Å². The van der Waals surface area contributed by atoms with Crippen molar-refractivity contribution < 1.29 is 25.9 Å². The highest BCUT2D eigenvalue weighted by atomic mass is 32.2. The Morgan fingerprint density at radius 1 is 0.745 bits per heavy atom. The Kier molecular flexibility index (Phi) is 11.4.